The van der Waals surface area contributed by atoms with Crippen LogP contribution in [-0.4, -0.2) is 38.7 Å². The lowest BCUT2D eigenvalue weighted by Gasteiger charge is -2.34. The fourth-order valence-corrected chi connectivity index (χ4v) is 3.46. The SMILES string of the molecule is C=CCOc1ccccc1CNC(=NC)NC1CCN(c2cccc(F)c2)CC1.I. The van der Waals surface area contributed by atoms with E-state index in [-0.39, 0.29) is 29.8 Å². The smallest absolute Gasteiger partial charge is 0.191 e. The Labute approximate surface area is 195 Å². The highest BCUT2D eigenvalue weighted by Crippen LogP contribution is 2.21. The maximum Gasteiger partial charge on any atom is 0.191 e. The average Bonchev–Trinajstić information content (AvgIpc) is 2.76. The van der Waals surface area contributed by atoms with E-state index in [4.69, 9.17) is 4.74 Å². The van der Waals surface area contributed by atoms with E-state index in [1.165, 1.54) is 6.07 Å². The third-order valence-corrected chi connectivity index (χ3v) is 5.01. The average molecular weight is 524 g/mol. The van der Waals surface area contributed by atoms with Crippen LogP contribution in [0, 0.1) is 5.82 Å². The van der Waals surface area contributed by atoms with Gasteiger partial charge in [-0.3, -0.25) is 4.99 Å². The lowest BCUT2D eigenvalue weighted by Crippen LogP contribution is -2.48. The predicted octanol–water partition coefficient (Wildman–Crippen LogP) is 4.34. The molecule has 2 aromatic carbocycles. The number of aliphatic imine (C=N–C) groups is 1. The van der Waals surface area contributed by atoms with Gasteiger partial charge in [0, 0.05) is 44.0 Å². The van der Waals surface area contributed by atoms with Gasteiger partial charge in [-0.2, -0.15) is 0 Å². The third kappa shape index (κ3) is 6.90. The number of hydrogen-bond donors (Lipinski definition) is 2. The summed E-state index contributed by atoms with van der Waals surface area (Å²) in [6.07, 6.45) is 3.67. The standard InChI is InChI=1S/C23H29FN4O.HI/c1-3-15-29-22-10-5-4-7-18(22)17-26-23(25-2)27-20-11-13-28(14-12-20)21-9-6-8-19(24)16-21;/h3-10,16,20H,1,11-15,17H2,2H3,(H2,25,26,27);1H. The Balaban J connectivity index is 0.00000320. The van der Waals surface area contributed by atoms with Crippen LogP contribution in [0.5, 0.6) is 5.75 Å². The number of para-hydroxylation sites is 1. The molecule has 7 heteroatoms. The molecule has 0 amide bonds. The Hall–Kier alpha value is -2.29. The van der Waals surface area contributed by atoms with Gasteiger partial charge < -0.3 is 20.3 Å². The van der Waals surface area contributed by atoms with Crippen molar-refractivity contribution in [2.75, 3.05) is 31.6 Å². The minimum absolute atomic E-state index is 0. The highest BCUT2D eigenvalue weighted by Gasteiger charge is 2.20. The summed E-state index contributed by atoms with van der Waals surface area (Å²) >= 11 is 0. The molecule has 2 aromatic rings. The van der Waals surface area contributed by atoms with Crippen molar-refractivity contribution in [3.8, 4) is 5.75 Å². The number of ether oxygens (including phenoxy) is 1. The first kappa shape index (κ1) is 24.0. The van der Waals surface area contributed by atoms with Crippen molar-refractivity contribution in [1.29, 1.82) is 0 Å². The van der Waals surface area contributed by atoms with Crippen molar-refractivity contribution in [2.24, 2.45) is 4.99 Å². The molecule has 2 N–H and O–H groups in total. The van der Waals surface area contributed by atoms with Crippen LogP contribution >= 0.6 is 24.0 Å². The molecule has 1 saturated heterocycles. The number of benzene rings is 2. The first-order valence-corrected chi connectivity index (χ1v) is 9.99. The monoisotopic (exact) mass is 524 g/mol. The maximum atomic E-state index is 13.5. The van der Waals surface area contributed by atoms with E-state index in [1.54, 1.807) is 25.3 Å². The van der Waals surface area contributed by atoms with Gasteiger partial charge in [-0.15, -0.1) is 24.0 Å². The van der Waals surface area contributed by atoms with E-state index in [2.05, 4.69) is 27.1 Å². The summed E-state index contributed by atoms with van der Waals surface area (Å²) in [5.74, 6) is 1.43. The number of halogens is 2. The zero-order chi connectivity index (χ0) is 20.5. The Bertz CT molecular complexity index is 837. The highest BCUT2D eigenvalue weighted by molar-refractivity contribution is 14.0. The van der Waals surface area contributed by atoms with Crippen molar-refractivity contribution in [1.82, 2.24) is 10.6 Å². The second-order valence-electron chi connectivity index (χ2n) is 7.02. The first-order chi connectivity index (χ1) is 14.2. The highest BCUT2D eigenvalue weighted by atomic mass is 127. The van der Waals surface area contributed by atoms with E-state index in [0.717, 1.165) is 48.9 Å². The molecule has 3 rings (SSSR count). The lowest BCUT2D eigenvalue weighted by atomic mass is 10.0. The summed E-state index contributed by atoms with van der Waals surface area (Å²) in [6, 6.07) is 15.1. The number of rotatable bonds is 7. The molecule has 1 heterocycles. The van der Waals surface area contributed by atoms with Crippen LogP contribution in [0.2, 0.25) is 0 Å². The van der Waals surface area contributed by atoms with Crippen LogP contribution in [0.25, 0.3) is 0 Å². The maximum absolute atomic E-state index is 13.5. The van der Waals surface area contributed by atoms with Crippen molar-refractivity contribution >= 4 is 35.6 Å². The molecule has 0 atom stereocenters. The van der Waals surface area contributed by atoms with Crippen LogP contribution in [0.1, 0.15) is 18.4 Å². The fraction of sp³-hybridized carbons (Fsp3) is 0.348. The van der Waals surface area contributed by atoms with E-state index < -0.39 is 0 Å². The zero-order valence-corrected chi connectivity index (χ0v) is 19.6. The van der Waals surface area contributed by atoms with Crippen LogP contribution in [0.4, 0.5) is 10.1 Å². The third-order valence-electron chi connectivity index (χ3n) is 5.01. The van der Waals surface area contributed by atoms with Gasteiger partial charge in [-0.25, -0.2) is 4.39 Å². The van der Waals surface area contributed by atoms with Gasteiger partial charge in [0.15, 0.2) is 5.96 Å². The Morgan fingerprint density at radius 1 is 1.23 bits per heavy atom. The molecular weight excluding hydrogens is 494 g/mol. The number of hydrogen-bond acceptors (Lipinski definition) is 3. The molecule has 30 heavy (non-hydrogen) atoms. The molecule has 5 nitrogen and oxygen atoms in total. The van der Waals surface area contributed by atoms with E-state index in [1.807, 2.05) is 30.3 Å². The molecule has 1 aliphatic heterocycles. The Kier molecular flexibility index (Phi) is 9.93. The van der Waals surface area contributed by atoms with E-state index >= 15 is 0 Å². The van der Waals surface area contributed by atoms with Gasteiger partial charge >= 0.3 is 0 Å². The van der Waals surface area contributed by atoms with Crippen molar-refractivity contribution in [3.05, 3.63) is 72.6 Å². The van der Waals surface area contributed by atoms with Gasteiger partial charge in [0.05, 0.1) is 0 Å². The van der Waals surface area contributed by atoms with Gasteiger partial charge in [0.25, 0.3) is 0 Å². The van der Waals surface area contributed by atoms with E-state index in [0.29, 0.717) is 19.2 Å². The fourth-order valence-electron chi connectivity index (χ4n) is 3.46. The summed E-state index contributed by atoms with van der Waals surface area (Å²) in [7, 11) is 1.78. The minimum Gasteiger partial charge on any atom is -0.489 e. The topological polar surface area (TPSA) is 48.9 Å². The van der Waals surface area contributed by atoms with Crippen molar-refractivity contribution < 1.29 is 9.13 Å². The quantitative estimate of drug-likeness (QED) is 0.245. The summed E-state index contributed by atoms with van der Waals surface area (Å²) in [5.41, 5.74) is 2.01. The van der Waals surface area contributed by atoms with Crippen molar-refractivity contribution in [3.63, 3.8) is 0 Å². The number of piperidine rings is 1. The molecule has 1 aliphatic rings. The van der Waals surface area contributed by atoms with Crippen molar-refractivity contribution in [2.45, 2.75) is 25.4 Å². The zero-order valence-electron chi connectivity index (χ0n) is 17.3. The lowest BCUT2D eigenvalue weighted by molar-refractivity contribution is 0.358. The van der Waals surface area contributed by atoms with Crippen LogP contribution < -0.4 is 20.3 Å². The molecular formula is C23H30FIN4O. The number of guanidine groups is 1. The van der Waals surface area contributed by atoms with Gasteiger partial charge in [-0.1, -0.05) is 36.9 Å². The molecule has 0 saturated carbocycles. The van der Waals surface area contributed by atoms with E-state index in [9.17, 15) is 4.39 Å². The second-order valence-corrected chi connectivity index (χ2v) is 7.02. The largest absolute Gasteiger partial charge is 0.489 e. The molecule has 0 unspecified atom stereocenters. The summed E-state index contributed by atoms with van der Waals surface area (Å²) in [4.78, 5) is 6.58. The van der Waals surface area contributed by atoms with Crippen LogP contribution in [0.3, 0.4) is 0 Å². The normalized spacial score (nSPS) is 14.6. The number of anilines is 1. The van der Waals surface area contributed by atoms with Gasteiger partial charge in [-0.05, 0) is 37.1 Å². The summed E-state index contributed by atoms with van der Waals surface area (Å²) in [5, 5.41) is 6.87. The molecule has 0 aromatic heterocycles. The molecule has 0 bridgehead atoms. The number of nitrogens with one attached hydrogen (secondary N) is 2. The first-order valence-electron chi connectivity index (χ1n) is 9.99. The Morgan fingerprint density at radius 2 is 2.00 bits per heavy atom. The van der Waals surface area contributed by atoms with Crippen LogP contribution in [0.15, 0.2) is 66.2 Å². The Morgan fingerprint density at radius 3 is 2.70 bits per heavy atom. The summed E-state index contributed by atoms with van der Waals surface area (Å²) in [6.45, 7) is 6.57. The second kappa shape index (κ2) is 12.4. The molecule has 0 radical (unpaired) electrons. The van der Waals surface area contributed by atoms with Gasteiger partial charge in [0.1, 0.15) is 18.2 Å². The van der Waals surface area contributed by atoms with Gasteiger partial charge in [0.2, 0.25) is 0 Å². The van der Waals surface area contributed by atoms with Crippen LogP contribution in [-0.2, 0) is 6.54 Å². The molecule has 0 spiro atoms. The summed E-state index contributed by atoms with van der Waals surface area (Å²) < 4.78 is 19.2. The molecule has 0 aliphatic carbocycles. The molecule has 1 fully saturated rings. The minimum atomic E-state index is -0.190. The number of nitrogens with zero attached hydrogens (tertiary/aromatic N) is 2. The predicted molar refractivity (Wildman–Crippen MR) is 133 cm³/mol. The molecule has 162 valence electrons.